The summed E-state index contributed by atoms with van der Waals surface area (Å²) in [7, 11) is 0. The quantitative estimate of drug-likeness (QED) is 0.239. The second-order valence-corrected chi connectivity index (χ2v) is 3.43. The molecule has 0 saturated heterocycles. The Morgan fingerprint density at radius 2 is 2.25 bits per heavy atom. The third-order valence-corrected chi connectivity index (χ3v) is 2.21. The van der Waals surface area contributed by atoms with Gasteiger partial charge in [-0.1, -0.05) is 22.8 Å². The first-order valence-electron chi connectivity index (χ1n) is 4.70. The number of hydrogen-bond acceptors (Lipinski definition) is 4. The zero-order valence-electron chi connectivity index (χ0n) is 8.56. The van der Waals surface area contributed by atoms with Gasteiger partial charge in [0, 0.05) is 13.0 Å². The highest BCUT2D eigenvalue weighted by molar-refractivity contribution is 6.34. The molecule has 0 heterocycles. The Hall–Kier alpha value is -1.46. The van der Waals surface area contributed by atoms with E-state index in [1.807, 2.05) is 0 Å². The maximum absolute atomic E-state index is 8.63. The molecule has 0 amide bonds. The molecule has 1 aromatic rings. The fourth-order valence-corrected chi connectivity index (χ4v) is 1.43. The molecule has 0 spiro atoms. The van der Waals surface area contributed by atoms with E-state index in [2.05, 4.69) is 5.16 Å². The van der Waals surface area contributed by atoms with Gasteiger partial charge in [-0.25, -0.2) is 0 Å². The van der Waals surface area contributed by atoms with Gasteiger partial charge in [-0.3, -0.25) is 0 Å². The van der Waals surface area contributed by atoms with E-state index in [0.717, 1.165) is 0 Å². The van der Waals surface area contributed by atoms with Gasteiger partial charge >= 0.3 is 0 Å². The van der Waals surface area contributed by atoms with Crippen LogP contribution in [0.1, 0.15) is 12.0 Å². The average Bonchev–Trinajstić information content (AvgIpc) is 2.29. The largest absolute Gasteiger partial charge is 0.493 e. The van der Waals surface area contributed by atoms with E-state index >= 15 is 0 Å². The maximum Gasteiger partial charge on any atom is 0.175 e. The van der Waals surface area contributed by atoms with Gasteiger partial charge in [0.25, 0.3) is 0 Å². The molecular formula is C10H13ClN2O3. The Kier molecular flexibility index (Phi) is 4.88. The number of ether oxygens (including phenoxy) is 1. The number of nitrogens with zero attached hydrogens (tertiary/aromatic N) is 1. The number of hydrogen-bond donors (Lipinski definition) is 3. The topological polar surface area (TPSA) is 88.1 Å². The molecule has 0 aliphatic heterocycles. The van der Waals surface area contributed by atoms with Crippen molar-refractivity contribution in [1.82, 2.24) is 0 Å². The number of nitrogens with two attached hydrogens (primary N) is 1. The minimum absolute atomic E-state index is 0.0411. The number of halogens is 1. The Balaban J connectivity index is 2.94. The lowest BCUT2D eigenvalue weighted by molar-refractivity contribution is 0.233. The van der Waals surface area contributed by atoms with Gasteiger partial charge < -0.3 is 20.8 Å². The Labute approximate surface area is 98.1 Å². The van der Waals surface area contributed by atoms with Crippen molar-refractivity contribution < 1.29 is 15.1 Å². The number of amidine groups is 1. The molecule has 0 aromatic heterocycles. The van der Waals surface area contributed by atoms with Gasteiger partial charge in [0.1, 0.15) is 5.75 Å². The van der Waals surface area contributed by atoms with Gasteiger partial charge in [0.05, 0.1) is 17.2 Å². The molecule has 0 radical (unpaired) electrons. The SMILES string of the molecule is NC(=NO)c1c(Cl)cccc1OCCCO. The molecule has 0 atom stereocenters. The minimum atomic E-state index is -0.107. The van der Waals surface area contributed by atoms with Crippen molar-refractivity contribution in [2.24, 2.45) is 10.9 Å². The predicted octanol–water partition coefficient (Wildman–Crippen LogP) is 1.20. The van der Waals surface area contributed by atoms with Crippen LogP contribution in [0, 0.1) is 0 Å². The van der Waals surface area contributed by atoms with Crippen molar-refractivity contribution in [2.75, 3.05) is 13.2 Å². The third kappa shape index (κ3) is 3.01. The van der Waals surface area contributed by atoms with Crippen LogP contribution < -0.4 is 10.5 Å². The Morgan fingerprint density at radius 3 is 2.88 bits per heavy atom. The predicted molar refractivity (Wildman–Crippen MR) is 61.2 cm³/mol. The molecule has 4 N–H and O–H groups in total. The summed E-state index contributed by atoms with van der Waals surface area (Å²) in [5.41, 5.74) is 5.84. The molecule has 1 aromatic carbocycles. The standard InChI is InChI=1S/C10H13ClN2O3/c11-7-3-1-4-8(16-6-2-5-14)9(7)10(12)13-15/h1,3-4,14-15H,2,5-6H2,(H2,12,13). The van der Waals surface area contributed by atoms with Gasteiger partial charge in [-0.05, 0) is 12.1 Å². The fourth-order valence-electron chi connectivity index (χ4n) is 1.17. The molecule has 6 heteroatoms. The highest BCUT2D eigenvalue weighted by Crippen LogP contribution is 2.26. The summed E-state index contributed by atoms with van der Waals surface area (Å²) in [5, 5.41) is 20.5. The zero-order valence-corrected chi connectivity index (χ0v) is 9.31. The van der Waals surface area contributed by atoms with Crippen LogP contribution in [0.5, 0.6) is 5.75 Å². The van der Waals surface area contributed by atoms with Crippen LogP contribution in [0.2, 0.25) is 5.02 Å². The minimum Gasteiger partial charge on any atom is -0.493 e. The summed E-state index contributed by atoms with van der Waals surface area (Å²) in [4.78, 5) is 0. The molecule has 0 unspecified atom stereocenters. The van der Waals surface area contributed by atoms with E-state index in [1.165, 1.54) is 0 Å². The highest BCUT2D eigenvalue weighted by atomic mass is 35.5. The number of oxime groups is 1. The van der Waals surface area contributed by atoms with Crippen LogP contribution in [0.3, 0.4) is 0 Å². The molecule has 0 saturated carbocycles. The number of rotatable bonds is 5. The van der Waals surface area contributed by atoms with Gasteiger partial charge in [-0.2, -0.15) is 0 Å². The van der Waals surface area contributed by atoms with E-state index < -0.39 is 0 Å². The lowest BCUT2D eigenvalue weighted by Gasteiger charge is -2.11. The van der Waals surface area contributed by atoms with Crippen molar-refractivity contribution in [1.29, 1.82) is 0 Å². The first kappa shape index (κ1) is 12.6. The van der Waals surface area contributed by atoms with E-state index in [9.17, 15) is 0 Å². The summed E-state index contributed by atoms with van der Waals surface area (Å²) in [5.74, 6) is 0.320. The Bertz CT molecular complexity index is 382. The van der Waals surface area contributed by atoms with E-state index in [-0.39, 0.29) is 12.4 Å². The Morgan fingerprint density at radius 1 is 1.50 bits per heavy atom. The van der Waals surface area contributed by atoms with Crippen LogP contribution in [-0.4, -0.2) is 29.4 Å². The van der Waals surface area contributed by atoms with Crippen LogP contribution >= 0.6 is 11.6 Å². The van der Waals surface area contributed by atoms with Crippen molar-refractivity contribution in [3.8, 4) is 5.75 Å². The zero-order chi connectivity index (χ0) is 12.0. The summed E-state index contributed by atoms with van der Waals surface area (Å²) < 4.78 is 5.36. The summed E-state index contributed by atoms with van der Waals surface area (Å²) in [6.45, 7) is 0.377. The average molecular weight is 245 g/mol. The van der Waals surface area contributed by atoms with Crippen molar-refractivity contribution in [3.63, 3.8) is 0 Å². The van der Waals surface area contributed by atoms with Crippen molar-refractivity contribution in [3.05, 3.63) is 28.8 Å². The van der Waals surface area contributed by atoms with Gasteiger partial charge in [0.2, 0.25) is 0 Å². The summed E-state index contributed by atoms with van der Waals surface area (Å²) in [6.07, 6.45) is 0.502. The normalized spacial score (nSPS) is 11.5. The molecule has 0 bridgehead atoms. The lowest BCUT2D eigenvalue weighted by Crippen LogP contribution is -2.16. The van der Waals surface area contributed by atoms with Gasteiger partial charge in [-0.15, -0.1) is 0 Å². The molecule has 88 valence electrons. The van der Waals surface area contributed by atoms with Crippen LogP contribution in [-0.2, 0) is 0 Å². The molecule has 5 nitrogen and oxygen atoms in total. The van der Waals surface area contributed by atoms with Gasteiger partial charge in [0.15, 0.2) is 5.84 Å². The van der Waals surface area contributed by atoms with E-state index in [1.54, 1.807) is 18.2 Å². The van der Waals surface area contributed by atoms with Crippen LogP contribution in [0.4, 0.5) is 0 Å². The third-order valence-electron chi connectivity index (χ3n) is 1.90. The summed E-state index contributed by atoms with van der Waals surface area (Å²) in [6, 6.07) is 4.98. The molecule has 0 aliphatic carbocycles. The molecule has 0 aliphatic rings. The summed E-state index contributed by atoms with van der Waals surface area (Å²) >= 11 is 5.91. The van der Waals surface area contributed by atoms with Crippen molar-refractivity contribution >= 4 is 17.4 Å². The smallest absolute Gasteiger partial charge is 0.175 e. The van der Waals surface area contributed by atoms with E-state index in [4.69, 9.17) is 32.4 Å². The number of aliphatic hydroxyl groups is 1. The lowest BCUT2D eigenvalue weighted by atomic mass is 10.2. The van der Waals surface area contributed by atoms with Crippen molar-refractivity contribution in [2.45, 2.75) is 6.42 Å². The first-order chi connectivity index (χ1) is 7.70. The number of benzene rings is 1. The second kappa shape index (κ2) is 6.19. The molecular weight excluding hydrogens is 232 g/mol. The second-order valence-electron chi connectivity index (χ2n) is 3.02. The van der Waals surface area contributed by atoms with Crippen LogP contribution in [0.25, 0.3) is 0 Å². The fraction of sp³-hybridized carbons (Fsp3) is 0.300. The monoisotopic (exact) mass is 244 g/mol. The molecule has 1 rings (SSSR count). The molecule has 16 heavy (non-hydrogen) atoms. The highest BCUT2D eigenvalue weighted by Gasteiger charge is 2.12. The molecule has 0 fully saturated rings. The van der Waals surface area contributed by atoms with E-state index in [0.29, 0.717) is 29.4 Å². The maximum atomic E-state index is 8.63. The first-order valence-corrected chi connectivity index (χ1v) is 5.08. The number of aliphatic hydroxyl groups excluding tert-OH is 1. The van der Waals surface area contributed by atoms with Crippen LogP contribution in [0.15, 0.2) is 23.4 Å².